The highest BCUT2D eigenvalue weighted by atomic mass is 16.2. The van der Waals surface area contributed by atoms with E-state index in [1.807, 2.05) is 6.92 Å². The SMILES string of the molecule is CCNC(CN1C(=O)CC(C)(C)C1=O)(C(N)=O)C1CC1. The number of hydrogen-bond acceptors (Lipinski definition) is 4. The number of nitrogens with zero attached hydrogens (tertiary/aromatic N) is 1. The van der Waals surface area contributed by atoms with E-state index in [1.165, 1.54) is 4.90 Å². The monoisotopic (exact) mass is 281 g/mol. The molecule has 1 saturated carbocycles. The first kappa shape index (κ1) is 15.0. The van der Waals surface area contributed by atoms with Gasteiger partial charge in [0.1, 0.15) is 5.54 Å². The van der Waals surface area contributed by atoms with Crippen LogP contribution in [0.4, 0.5) is 0 Å². The van der Waals surface area contributed by atoms with Gasteiger partial charge in [0.15, 0.2) is 0 Å². The Morgan fingerprint density at radius 2 is 2.05 bits per heavy atom. The van der Waals surface area contributed by atoms with Crippen LogP contribution in [0.2, 0.25) is 0 Å². The molecular weight excluding hydrogens is 258 g/mol. The van der Waals surface area contributed by atoms with Gasteiger partial charge in [-0.15, -0.1) is 0 Å². The van der Waals surface area contributed by atoms with Gasteiger partial charge in [0.05, 0.1) is 12.0 Å². The van der Waals surface area contributed by atoms with Crippen molar-refractivity contribution in [3.63, 3.8) is 0 Å². The Balaban J connectivity index is 2.26. The third-order valence-corrected chi connectivity index (χ3v) is 4.33. The molecule has 20 heavy (non-hydrogen) atoms. The lowest BCUT2D eigenvalue weighted by molar-refractivity contribution is -0.143. The summed E-state index contributed by atoms with van der Waals surface area (Å²) in [5.74, 6) is -0.799. The van der Waals surface area contributed by atoms with Crippen molar-refractivity contribution < 1.29 is 14.4 Å². The van der Waals surface area contributed by atoms with E-state index in [9.17, 15) is 14.4 Å². The molecule has 2 rings (SSSR count). The topological polar surface area (TPSA) is 92.5 Å². The van der Waals surface area contributed by atoms with Crippen LogP contribution in [-0.2, 0) is 14.4 Å². The molecule has 1 saturated heterocycles. The minimum atomic E-state index is -0.972. The molecule has 2 aliphatic rings. The second kappa shape index (κ2) is 4.84. The van der Waals surface area contributed by atoms with Gasteiger partial charge in [-0.05, 0) is 25.3 Å². The number of nitrogens with two attached hydrogens (primary N) is 1. The first-order valence-corrected chi connectivity index (χ1v) is 7.14. The molecule has 0 aromatic rings. The number of rotatable bonds is 6. The highest BCUT2D eigenvalue weighted by Gasteiger charge is 2.54. The molecule has 112 valence electrons. The molecule has 1 aliphatic heterocycles. The van der Waals surface area contributed by atoms with Gasteiger partial charge >= 0.3 is 0 Å². The van der Waals surface area contributed by atoms with E-state index in [0.29, 0.717) is 6.54 Å². The first-order valence-electron chi connectivity index (χ1n) is 7.14. The lowest BCUT2D eigenvalue weighted by atomic mass is 9.90. The van der Waals surface area contributed by atoms with Crippen LogP contribution in [0.1, 0.15) is 40.0 Å². The predicted octanol–water partition coefficient (Wildman–Crippen LogP) is 0.0151. The molecule has 1 atom stereocenters. The Kier molecular flexibility index (Phi) is 3.62. The third-order valence-electron chi connectivity index (χ3n) is 4.33. The van der Waals surface area contributed by atoms with Crippen LogP contribution in [0.5, 0.6) is 0 Å². The van der Waals surface area contributed by atoms with E-state index in [2.05, 4.69) is 5.32 Å². The smallest absolute Gasteiger partial charge is 0.239 e. The molecule has 0 aromatic heterocycles. The summed E-state index contributed by atoms with van der Waals surface area (Å²) in [5, 5.41) is 3.13. The zero-order chi connectivity index (χ0) is 15.1. The van der Waals surface area contributed by atoms with Gasteiger partial charge in [-0.2, -0.15) is 0 Å². The van der Waals surface area contributed by atoms with Crippen molar-refractivity contribution in [1.82, 2.24) is 10.2 Å². The lowest BCUT2D eigenvalue weighted by Gasteiger charge is -2.35. The predicted molar refractivity (Wildman–Crippen MR) is 73.4 cm³/mol. The molecule has 0 radical (unpaired) electrons. The van der Waals surface area contributed by atoms with Gasteiger partial charge in [-0.3, -0.25) is 19.3 Å². The molecule has 0 spiro atoms. The van der Waals surface area contributed by atoms with E-state index in [0.717, 1.165) is 12.8 Å². The van der Waals surface area contributed by atoms with Gasteiger partial charge in [-0.25, -0.2) is 0 Å². The number of likely N-dealkylation sites (N-methyl/N-ethyl adjacent to an activating group) is 1. The van der Waals surface area contributed by atoms with Crippen molar-refractivity contribution in [1.29, 1.82) is 0 Å². The standard InChI is InChI=1S/C14H23N3O3/c1-4-16-14(11(15)19,9-5-6-9)8-17-10(18)7-13(2,3)12(17)20/h9,16H,4-8H2,1-3H3,(H2,15,19). The van der Waals surface area contributed by atoms with Crippen LogP contribution in [0.25, 0.3) is 0 Å². The van der Waals surface area contributed by atoms with E-state index < -0.39 is 16.9 Å². The van der Waals surface area contributed by atoms with Crippen molar-refractivity contribution in [2.24, 2.45) is 17.1 Å². The van der Waals surface area contributed by atoms with Crippen LogP contribution in [-0.4, -0.2) is 41.2 Å². The summed E-state index contributed by atoms with van der Waals surface area (Å²) in [7, 11) is 0. The summed E-state index contributed by atoms with van der Waals surface area (Å²) in [6, 6.07) is 0. The van der Waals surface area contributed by atoms with Crippen molar-refractivity contribution >= 4 is 17.7 Å². The lowest BCUT2D eigenvalue weighted by Crippen LogP contribution is -2.64. The average molecular weight is 281 g/mol. The van der Waals surface area contributed by atoms with Crippen molar-refractivity contribution in [3.8, 4) is 0 Å². The number of imide groups is 1. The Morgan fingerprint density at radius 3 is 2.40 bits per heavy atom. The normalized spacial score (nSPS) is 24.9. The molecule has 2 fully saturated rings. The fraction of sp³-hybridized carbons (Fsp3) is 0.786. The number of nitrogens with one attached hydrogen (secondary N) is 1. The van der Waals surface area contributed by atoms with E-state index in [1.54, 1.807) is 13.8 Å². The Labute approximate surface area is 119 Å². The zero-order valence-electron chi connectivity index (χ0n) is 12.4. The number of hydrogen-bond donors (Lipinski definition) is 2. The minimum Gasteiger partial charge on any atom is -0.368 e. The van der Waals surface area contributed by atoms with Gasteiger partial charge in [0.25, 0.3) is 0 Å². The van der Waals surface area contributed by atoms with E-state index in [4.69, 9.17) is 5.73 Å². The highest BCUT2D eigenvalue weighted by Crippen LogP contribution is 2.42. The summed E-state index contributed by atoms with van der Waals surface area (Å²) in [4.78, 5) is 37.6. The summed E-state index contributed by atoms with van der Waals surface area (Å²) in [6.45, 7) is 6.02. The summed E-state index contributed by atoms with van der Waals surface area (Å²) in [6.07, 6.45) is 1.99. The Morgan fingerprint density at radius 1 is 1.45 bits per heavy atom. The van der Waals surface area contributed by atoms with Gasteiger partial charge in [0, 0.05) is 6.42 Å². The average Bonchev–Trinajstić information content (AvgIpc) is 3.13. The summed E-state index contributed by atoms with van der Waals surface area (Å²) < 4.78 is 0. The number of primary amides is 1. The molecule has 3 amide bonds. The largest absolute Gasteiger partial charge is 0.368 e. The minimum absolute atomic E-state index is 0.0575. The number of carbonyl (C=O) groups excluding carboxylic acids is 3. The van der Waals surface area contributed by atoms with Crippen LogP contribution in [0.15, 0.2) is 0 Å². The third kappa shape index (κ3) is 2.32. The quantitative estimate of drug-likeness (QED) is 0.671. The molecule has 1 unspecified atom stereocenters. The van der Waals surface area contributed by atoms with Gasteiger partial charge in [0.2, 0.25) is 17.7 Å². The second-order valence-electron chi connectivity index (χ2n) is 6.49. The fourth-order valence-electron chi connectivity index (χ4n) is 3.02. The van der Waals surface area contributed by atoms with Crippen molar-refractivity contribution in [3.05, 3.63) is 0 Å². The molecule has 1 heterocycles. The molecule has 6 heteroatoms. The maximum atomic E-state index is 12.3. The van der Waals surface area contributed by atoms with Gasteiger partial charge in [-0.1, -0.05) is 20.8 Å². The van der Waals surface area contributed by atoms with Crippen LogP contribution >= 0.6 is 0 Å². The van der Waals surface area contributed by atoms with Crippen LogP contribution in [0.3, 0.4) is 0 Å². The van der Waals surface area contributed by atoms with Crippen LogP contribution < -0.4 is 11.1 Å². The van der Waals surface area contributed by atoms with Crippen molar-refractivity contribution in [2.45, 2.75) is 45.6 Å². The number of amides is 3. The Hall–Kier alpha value is -1.43. The Bertz CT molecular complexity index is 457. The number of likely N-dealkylation sites (tertiary alicyclic amines) is 1. The molecule has 1 aliphatic carbocycles. The molecule has 6 nitrogen and oxygen atoms in total. The maximum absolute atomic E-state index is 12.3. The van der Waals surface area contributed by atoms with E-state index >= 15 is 0 Å². The van der Waals surface area contributed by atoms with Gasteiger partial charge < -0.3 is 11.1 Å². The molecule has 0 bridgehead atoms. The molecular formula is C14H23N3O3. The molecule has 3 N–H and O–H groups in total. The maximum Gasteiger partial charge on any atom is 0.239 e. The number of carbonyl (C=O) groups is 3. The van der Waals surface area contributed by atoms with Crippen molar-refractivity contribution in [2.75, 3.05) is 13.1 Å². The second-order valence-corrected chi connectivity index (χ2v) is 6.49. The summed E-state index contributed by atoms with van der Waals surface area (Å²) in [5.41, 5.74) is 3.93. The van der Waals surface area contributed by atoms with E-state index in [-0.39, 0.29) is 30.7 Å². The highest BCUT2D eigenvalue weighted by molar-refractivity contribution is 6.06. The molecule has 0 aromatic carbocycles. The summed E-state index contributed by atoms with van der Waals surface area (Å²) >= 11 is 0. The van der Waals surface area contributed by atoms with Crippen LogP contribution in [0, 0.1) is 11.3 Å². The fourth-order valence-corrected chi connectivity index (χ4v) is 3.02. The zero-order valence-corrected chi connectivity index (χ0v) is 12.4. The first-order chi connectivity index (χ1) is 9.24.